The number of piperidine rings is 1. The van der Waals surface area contributed by atoms with Gasteiger partial charge in [-0.15, -0.1) is 11.3 Å². The van der Waals surface area contributed by atoms with Gasteiger partial charge in [0.25, 0.3) is 5.91 Å². The molecule has 1 saturated heterocycles. The summed E-state index contributed by atoms with van der Waals surface area (Å²) in [4.78, 5) is 26.7. The Morgan fingerprint density at radius 1 is 1.53 bits per heavy atom. The van der Waals surface area contributed by atoms with Crippen LogP contribution in [0.3, 0.4) is 0 Å². The van der Waals surface area contributed by atoms with Crippen molar-refractivity contribution in [2.24, 2.45) is 5.92 Å². The average Bonchev–Trinajstić information content (AvgIpc) is 2.84. The molecule has 0 aliphatic carbocycles. The number of nitrogens with zero attached hydrogens (tertiary/aromatic N) is 1. The highest BCUT2D eigenvalue weighted by atomic mass is 32.1. The van der Waals surface area contributed by atoms with Crippen LogP contribution < -0.4 is 0 Å². The van der Waals surface area contributed by atoms with Crippen LogP contribution in [-0.2, 0) is 9.53 Å². The molecule has 4 nitrogen and oxygen atoms in total. The first-order valence-corrected chi connectivity index (χ1v) is 7.51. The summed E-state index contributed by atoms with van der Waals surface area (Å²) in [6.07, 6.45) is 1.67. The van der Waals surface area contributed by atoms with E-state index < -0.39 is 0 Å². The smallest absolute Gasteiger partial charge is 0.310 e. The van der Waals surface area contributed by atoms with Crippen molar-refractivity contribution in [2.45, 2.75) is 26.7 Å². The van der Waals surface area contributed by atoms with Crippen molar-refractivity contribution < 1.29 is 14.3 Å². The Morgan fingerprint density at radius 3 is 2.95 bits per heavy atom. The molecule has 1 aliphatic heterocycles. The largest absolute Gasteiger partial charge is 0.466 e. The van der Waals surface area contributed by atoms with E-state index in [-0.39, 0.29) is 17.8 Å². The molecule has 1 amide bonds. The van der Waals surface area contributed by atoms with E-state index in [0.29, 0.717) is 13.2 Å². The molecule has 1 aliphatic rings. The minimum atomic E-state index is -0.178. The second-order valence-electron chi connectivity index (χ2n) is 4.78. The number of rotatable bonds is 3. The molecule has 0 saturated carbocycles. The van der Waals surface area contributed by atoms with Crippen molar-refractivity contribution in [1.29, 1.82) is 0 Å². The molecule has 0 unspecified atom stereocenters. The van der Waals surface area contributed by atoms with Gasteiger partial charge in [0.05, 0.1) is 17.4 Å². The van der Waals surface area contributed by atoms with Crippen molar-refractivity contribution in [3.05, 3.63) is 21.9 Å². The molecule has 0 bridgehead atoms. The fourth-order valence-electron chi connectivity index (χ4n) is 2.35. The first kappa shape index (κ1) is 14.1. The molecule has 1 aromatic heterocycles. The van der Waals surface area contributed by atoms with Crippen LogP contribution >= 0.6 is 11.3 Å². The lowest BCUT2D eigenvalue weighted by molar-refractivity contribution is -0.149. The van der Waals surface area contributed by atoms with Crippen LogP contribution in [-0.4, -0.2) is 36.5 Å². The molecule has 19 heavy (non-hydrogen) atoms. The number of ether oxygens (including phenoxy) is 1. The number of carbonyl (C=O) groups excluding carboxylic acids is 2. The first-order valence-electron chi connectivity index (χ1n) is 6.63. The molecule has 2 rings (SSSR count). The molecule has 2 heterocycles. The number of thiophene rings is 1. The third-order valence-corrected chi connectivity index (χ3v) is 4.39. The summed E-state index contributed by atoms with van der Waals surface area (Å²) in [5.41, 5.74) is 1.01. The maximum Gasteiger partial charge on any atom is 0.310 e. The summed E-state index contributed by atoms with van der Waals surface area (Å²) in [7, 11) is 0. The summed E-state index contributed by atoms with van der Waals surface area (Å²) < 4.78 is 5.05. The lowest BCUT2D eigenvalue weighted by Crippen LogP contribution is -2.42. The van der Waals surface area contributed by atoms with Gasteiger partial charge in [0.1, 0.15) is 0 Å². The van der Waals surface area contributed by atoms with Gasteiger partial charge in [-0.1, -0.05) is 0 Å². The normalized spacial score (nSPS) is 19.3. The van der Waals surface area contributed by atoms with Crippen molar-refractivity contribution >= 4 is 23.2 Å². The summed E-state index contributed by atoms with van der Waals surface area (Å²) >= 11 is 1.46. The molecular formula is C14H19NO3S. The number of likely N-dealkylation sites (tertiary alicyclic amines) is 1. The van der Waals surface area contributed by atoms with Crippen LogP contribution in [0, 0.1) is 12.8 Å². The van der Waals surface area contributed by atoms with Crippen molar-refractivity contribution in [3.8, 4) is 0 Å². The average molecular weight is 281 g/mol. The van der Waals surface area contributed by atoms with Crippen molar-refractivity contribution in [2.75, 3.05) is 19.7 Å². The number of aryl methyl sites for hydroxylation is 1. The van der Waals surface area contributed by atoms with E-state index in [4.69, 9.17) is 4.74 Å². The maximum absolute atomic E-state index is 12.4. The Hall–Kier alpha value is -1.36. The van der Waals surface area contributed by atoms with Crippen molar-refractivity contribution in [3.63, 3.8) is 0 Å². The van der Waals surface area contributed by atoms with Crippen LogP contribution in [0.15, 0.2) is 11.4 Å². The first-order chi connectivity index (χ1) is 9.13. The van der Waals surface area contributed by atoms with E-state index in [1.807, 2.05) is 18.4 Å². The quantitative estimate of drug-likeness (QED) is 0.800. The van der Waals surface area contributed by atoms with Gasteiger partial charge in [0.2, 0.25) is 0 Å². The van der Waals surface area contributed by atoms with Gasteiger partial charge in [0, 0.05) is 13.1 Å². The number of amides is 1. The lowest BCUT2D eigenvalue weighted by Gasteiger charge is -2.31. The second kappa shape index (κ2) is 6.19. The summed E-state index contributed by atoms with van der Waals surface area (Å²) in [6.45, 7) is 5.35. The third-order valence-electron chi connectivity index (χ3n) is 3.38. The topological polar surface area (TPSA) is 46.6 Å². The molecule has 1 fully saturated rings. The Labute approximate surface area is 117 Å². The molecule has 0 radical (unpaired) electrons. The third kappa shape index (κ3) is 3.15. The van der Waals surface area contributed by atoms with Crippen LogP contribution in [0.4, 0.5) is 0 Å². The Balaban J connectivity index is 2.03. The van der Waals surface area contributed by atoms with E-state index in [0.717, 1.165) is 29.8 Å². The standard InChI is InChI=1S/C14H19NO3S/c1-3-18-14(17)11-5-4-7-15(9-11)13(16)12-10(2)6-8-19-12/h6,8,11H,3-5,7,9H2,1-2H3/t11-/m1/s1. The maximum atomic E-state index is 12.4. The van der Waals surface area contributed by atoms with Crippen LogP contribution in [0.1, 0.15) is 35.0 Å². The highest BCUT2D eigenvalue weighted by Gasteiger charge is 2.30. The minimum absolute atomic E-state index is 0.0431. The summed E-state index contributed by atoms with van der Waals surface area (Å²) in [6, 6.07) is 1.95. The fraction of sp³-hybridized carbons (Fsp3) is 0.571. The SMILES string of the molecule is CCOC(=O)[C@@H]1CCCN(C(=O)c2sccc2C)C1. The van der Waals surface area contributed by atoms with E-state index in [2.05, 4.69) is 0 Å². The predicted molar refractivity (Wildman–Crippen MR) is 74.3 cm³/mol. The summed E-state index contributed by atoms with van der Waals surface area (Å²) in [5, 5.41) is 1.93. The summed E-state index contributed by atoms with van der Waals surface area (Å²) in [5.74, 6) is -0.303. The van der Waals surface area contributed by atoms with E-state index >= 15 is 0 Å². The van der Waals surface area contributed by atoms with Crippen LogP contribution in [0.2, 0.25) is 0 Å². The zero-order valence-corrected chi connectivity index (χ0v) is 12.2. The van der Waals surface area contributed by atoms with E-state index in [9.17, 15) is 9.59 Å². The number of hydrogen-bond acceptors (Lipinski definition) is 4. The van der Waals surface area contributed by atoms with E-state index in [1.54, 1.807) is 11.8 Å². The molecule has 1 aromatic rings. The number of esters is 1. The lowest BCUT2D eigenvalue weighted by atomic mass is 9.98. The molecule has 0 N–H and O–H groups in total. The van der Waals surface area contributed by atoms with Crippen LogP contribution in [0.25, 0.3) is 0 Å². The molecular weight excluding hydrogens is 262 g/mol. The van der Waals surface area contributed by atoms with Gasteiger partial charge in [-0.2, -0.15) is 0 Å². The van der Waals surface area contributed by atoms with Gasteiger partial charge in [-0.25, -0.2) is 0 Å². The Kier molecular flexibility index (Phi) is 4.58. The number of hydrogen-bond donors (Lipinski definition) is 0. The molecule has 0 aromatic carbocycles. The zero-order chi connectivity index (χ0) is 13.8. The molecule has 0 spiro atoms. The zero-order valence-electron chi connectivity index (χ0n) is 11.3. The van der Waals surface area contributed by atoms with Gasteiger partial charge in [-0.3, -0.25) is 9.59 Å². The van der Waals surface area contributed by atoms with E-state index in [1.165, 1.54) is 11.3 Å². The van der Waals surface area contributed by atoms with Gasteiger partial charge >= 0.3 is 5.97 Å². The second-order valence-corrected chi connectivity index (χ2v) is 5.69. The van der Waals surface area contributed by atoms with Gasteiger partial charge < -0.3 is 9.64 Å². The molecule has 104 valence electrons. The molecule has 1 atom stereocenters. The number of carbonyl (C=O) groups is 2. The van der Waals surface area contributed by atoms with Crippen molar-refractivity contribution in [1.82, 2.24) is 4.90 Å². The van der Waals surface area contributed by atoms with Gasteiger partial charge in [-0.05, 0) is 43.7 Å². The Bertz CT molecular complexity index is 469. The van der Waals surface area contributed by atoms with Crippen LogP contribution in [0.5, 0.6) is 0 Å². The monoisotopic (exact) mass is 281 g/mol. The minimum Gasteiger partial charge on any atom is -0.466 e. The highest BCUT2D eigenvalue weighted by molar-refractivity contribution is 7.12. The Morgan fingerprint density at radius 2 is 2.32 bits per heavy atom. The molecule has 5 heteroatoms. The van der Waals surface area contributed by atoms with Gasteiger partial charge in [0.15, 0.2) is 0 Å². The predicted octanol–water partition coefficient (Wildman–Crippen LogP) is 2.47. The highest BCUT2D eigenvalue weighted by Crippen LogP contribution is 2.23. The fourth-order valence-corrected chi connectivity index (χ4v) is 3.24.